The third-order valence-electron chi connectivity index (χ3n) is 1.34. The van der Waals surface area contributed by atoms with Crippen molar-refractivity contribution in [3.05, 3.63) is 34.1 Å². The van der Waals surface area contributed by atoms with Gasteiger partial charge in [-0.1, -0.05) is 22.0 Å². The first-order chi connectivity index (χ1) is 5.25. The Bertz CT molecular complexity index is 279. The minimum absolute atomic E-state index is 0.252. The van der Waals surface area contributed by atoms with Gasteiger partial charge in [0.15, 0.2) is 0 Å². The summed E-state index contributed by atoms with van der Waals surface area (Å²) < 4.78 is 13.6. The Morgan fingerprint density at radius 2 is 2.27 bits per heavy atom. The van der Waals surface area contributed by atoms with Crippen molar-refractivity contribution in [3.8, 4) is 12.3 Å². The zero-order chi connectivity index (χ0) is 8.27. The Labute approximate surface area is 73.6 Å². The van der Waals surface area contributed by atoms with Crippen LogP contribution in [0.2, 0.25) is 0 Å². The highest BCUT2D eigenvalue weighted by Crippen LogP contribution is 2.19. The van der Waals surface area contributed by atoms with Crippen LogP contribution in [0.4, 0.5) is 4.39 Å². The highest BCUT2D eigenvalue weighted by Gasteiger charge is 2.03. The average molecular weight is 213 g/mol. The molecule has 0 amide bonds. The second-order valence-corrected chi connectivity index (χ2v) is 2.94. The van der Waals surface area contributed by atoms with Crippen LogP contribution >= 0.6 is 15.9 Å². The van der Waals surface area contributed by atoms with Gasteiger partial charge in [-0.2, -0.15) is 0 Å². The van der Waals surface area contributed by atoms with Crippen molar-refractivity contribution < 1.29 is 4.39 Å². The van der Waals surface area contributed by atoms with Gasteiger partial charge in [-0.05, 0) is 12.1 Å². The summed E-state index contributed by atoms with van der Waals surface area (Å²) >= 11 is 3.21. The molecule has 1 aromatic rings. The van der Waals surface area contributed by atoms with Gasteiger partial charge in [-0.25, -0.2) is 4.39 Å². The Hall–Kier alpha value is -0.810. The van der Waals surface area contributed by atoms with Crippen LogP contribution in [0.5, 0.6) is 0 Å². The van der Waals surface area contributed by atoms with Gasteiger partial charge in [0.2, 0.25) is 0 Å². The predicted octanol–water partition coefficient (Wildman–Crippen LogP) is 2.76. The van der Waals surface area contributed by atoms with Gasteiger partial charge in [0.1, 0.15) is 5.82 Å². The van der Waals surface area contributed by atoms with Crippen molar-refractivity contribution in [2.75, 3.05) is 0 Å². The first kappa shape index (κ1) is 8.29. The summed E-state index contributed by atoms with van der Waals surface area (Å²) in [5, 5.41) is 0. The maximum absolute atomic E-state index is 12.9. The lowest BCUT2D eigenvalue weighted by Crippen LogP contribution is -1.88. The fourth-order valence-electron chi connectivity index (χ4n) is 0.803. The third-order valence-corrected chi connectivity index (χ3v) is 2.08. The van der Waals surface area contributed by atoms with E-state index in [4.69, 9.17) is 6.42 Å². The highest BCUT2D eigenvalue weighted by molar-refractivity contribution is 9.10. The van der Waals surface area contributed by atoms with E-state index in [1.807, 2.05) is 0 Å². The normalized spacial score (nSPS) is 9.18. The Kier molecular flexibility index (Phi) is 2.67. The van der Waals surface area contributed by atoms with Gasteiger partial charge in [0.25, 0.3) is 0 Å². The molecule has 11 heavy (non-hydrogen) atoms. The molecule has 2 heteroatoms. The van der Waals surface area contributed by atoms with Gasteiger partial charge in [0.05, 0.1) is 0 Å². The molecule has 1 rings (SSSR count). The van der Waals surface area contributed by atoms with E-state index in [0.717, 1.165) is 4.47 Å². The van der Waals surface area contributed by atoms with E-state index in [-0.39, 0.29) is 5.82 Å². The molecule has 0 spiro atoms. The van der Waals surface area contributed by atoms with Gasteiger partial charge in [0, 0.05) is 16.5 Å². The molecule has 0 nitrogen and oxygen atoms in total. The standard InChI is InChI=1S/C9H6BrF/c1-2-4-7-8(10)5-3-6-9(7)11/h1,3,5-6H,4H2. The van der Waals surface area contributed by atoms with Crippen molar-refractivity contribution in [1.29, 1.82) is 0 Å². The largest absolute Gasteiger partial charge is 0.207 e. The maximum atomic E-state index is 12.9. The molecule has 0 aliphatic rings. The molecule has 0 aliphatic carbocycles. The fraction of sp³-hybridized carbons (Fsp3) is 0.111. The van der Waals surface area contributed by atoms with Gasteiger partial charge < -0.3 is 0 Å². The number of rotatable bonds is 1. The van der Waals surface area contributed by atoms with E-state index >= 15 is 0 Å². The molecule has 0 radical (unpaired) electrons. The summed E-state index contributed by atoms with van der Waals surface area (Å²) in [5.74, 6) is 2.14. The van der Waals surface area contributed by atoms with E-state index in [1.165, 1.54) is 6.07 Å². The van der Waals surface area contributed by atoms with Crippen molar-refractivity contribution >= 4 is 15.9 Å². The summed E-state index contributed by atoms with van der Waals surface area (Å²) in [4.78, 5) is 0. The van der Waals surface area contributed by atoms with Crippen LogP contribution in [-0.4, -0.2) is 0 Å². The van der Waals surface area contributed by atoms with Crippen LogP contribution in [0.1, 0.15) is 5.56 Å². The van der Waals surface area contributed by atoms with Crippen LogP contribution in [0, 0.1) is 18.2 Å². The second-order valence-electron chi connectivity index (χ2n) is 2.08. The molecule has 0 heterocycles. The van der Waals surface area contributed by atoms with Crippen LogP contribution < -0.4 is 0 Å². The van der Waals surface area contributed by atoms with E-state index in [0.29, 0.717) is 12.0 Å². The molecule has 0 saturated carbocycles. The number of hydrogen-bond donors (Lipinski definition) is 0. The summed E-state index contributed by atoms with van der Waals surface area (Å²) in [6, 6.07) is 4.81. The Balaban J connectivity index is 3.12. The van der Waals surface area contributed by atoms with Crippen LogP contribution in [0.15, 0.2) is 22.7 Å². The van der Waals surface area contributed by atoms with E-state index in [1.54, 1.807) is 12.1 Å². The summed E-state index contributed by atoms with van der Waals surface area (Å²) in [6.45, 7) is 0. The summed E-state index contributed by atoms with van der Waals surface area (Å²) in [6.07, 6.45) is 5.39. The molecule has 0 N–H and O–H groups in total. The van der Waals surface area contributed by atoms with Crippen molar-refractivity contribution in [2.45, 2.75) is 6.42 Å². The molecule has 0 aromatic heterocycles. The van der Waals surface area contributed by atoms with E-state index in [9.17, 15) is 4.39 Å². The molecule has 1 aromatic carbocycles. The lowest BCUT2D eigenvalue weighted by Gasteiger charge is -1.99. The first-order valence-corrected chi connectivity index (χ1v) is 3.91. The molecule has 0 saturated heterocycles. The van der Waals surface area contributed by atoms with Crippen molar-refractivity contribution in [3.63, 3.8) is 0 Å². The minimum Gasteiger partial charge on any atom is -0.207 e. The zero-order valence-electron chi connectivity index (χ0n) is 5.77. The topological polar surface area (TPSA) is 0 Å². The third kappa shape index (κ3) is 1.81. The quantitative estimate of drug-likeness (QED) is 0.629. The number of benzene rings is 1. The molecule has 0 fully saturated rings. The average Bonchev–Trinajstić information content (AvgIpc) is 1.97. The van der Waals surface area contributed by atoms with Gasteiger partial charge in [-0.3, -0.25) is 0 Å². The number of terminal acetylenes is 1. The molecule has 0 atom stereocenters. The molecular weight excluding hydrogens is 207 g/mol. The monoisotopic (exact) mass is 212 g/mol. The summed E-state index contributed by atoms with van der Waals surface area (Å²) in [7, 11) is 0. The molecular formula is C9H6BrF. The second kappa shape index (κ2) is 3.54. The fourth-order valence-corrected chi connectivity index (χ4v) is 1.29. The highest BCUT2D eigenvalue weighted by atomic mass is 79.9. The van der Waals surface area contributed by atoms with Gasteiger partial charge in [-0.15, -0.1) is 12.3 Å². The zero-order valence-corrected chi connectivity index (χ0v) is 7.36. The van der Waals surface area contributed by atoms with E-state index in [2.05, 4.69) is 21.9 Å². The van der Waals surface area contributed by atoms with Gasteiger partial charge >= 0.3 is 0 Å². The predicted molar refractivity (Wildman–Crippen MR) is 46.6 cm³/mol. The first-order valence-electron chi connectivity index (χ1n) is 3.12. The van der Waals surface area contributed by atoms with E-state index < -0.39 is 0 Å². The van der Waals surface area contributed by atoms with Crippen LogP contribution in [0.3, 0.4) is 0 Å². The lowest BCUT2D eigenvalue weighted by atomic mass is 10.1. The van der Waals surface area contributed by atoms with Crippen molar-refractivity contribution in [1.82, 2.24) is 0 Å². The molecule has 0 unspecified atom stereocenters. The molecule has 0 bridgehead atoms. The molecule has 0 aliphatic heterocycles. The summed E-state index contributed by atoms with van der Waals surface area (Å²) in [5.41, 5.74) is 0.551. The minimum atomic E-state index is -0.252. The molecule has 56 valence electrons. The number of hydrogen-bond acceptors (Lipinski definition) is 0. The van der Waals surface area contributed by atoms with Crippen LogP contribution in [-0.2, 0) is 6.42 Å². The SMILES string of the molecule is C#CCc1c(F)cccc1Br. The number of halogens is 2. The lowest BCUT2D eigenvalue weighted by molar-refractivity contribution is 0.614. The Morgan fingerprint density at radius 3 is 2.82 bits per heavy atom. The van der Waals surface area contributed by atoms with Crippen molar-refractivity contribution in [2.24, 2.45) is 0 Å². The van der Waals surface area contributed by atoms with Crippen LogP contribution in [0.25, 0.3) is 0 Å². The Morgan fingerprint density at radius 1 is 1.55 bits per heavy atom. The maximum Gasteiger partial charge on any atom is 0.128 e. The smallest absolute Gasteiger partial charge is 0.128 e.